The first-order chi connectivity index (χ1) is 16.6. The van der Waals surface area contributed by atoms with E-state index in [1.807, 2.05) is 12.1 Å². The zero-order valence-electron chi connectivity index (χ0n) is 22.5. The maximum atomic E-state index is 6.19. The van der Waals surface area contributed by atoms with Gasteiger partial charge in [0.2, 0.25) is 0 Å². The molecular weight excluding hydrogens is 500 g/mol. The average Bonchev–Trinajstić information content (AvgIpc) is 2.85. The second-order valence-corrected chi connectivity index (χ2v) is 12.0. The number of rotatable bonds is 6. The fraction of sp³-hybridized carbons (Fsp3) is 0.600. The van der Waals surface area contributed by atoms with Gasteiger partial charge in [-0.1, -0.05) is 68.2 Å². The van der Waals surface area contributed by atoms with E-state index in [9.17, 15) is 0 Å². The third-order valence-electron chi connectivity index (χ3n) is 8.60. The molecular formula is C30H45BrN2O2. The predicted molar refractivity (Wildman–Crippen MR) is 151 cm³/mol. The minimum absolute atomic E-state index is 0.335. The van der Waals surface area contributed by atoms with Gasteiger partial charge in [-0.15, -0.1) is 0 Å². The molecule has 2 aromatic carbocycles. The van der Waals surface area contributed by atoms with E-state index in [0.29, 0.717) is 23.3 Å². The van der Waals surface area contributed by atoms with Crippen LogP contribution in [0.15, 0.2) is 34.8 Å². The molecule has 1 fully saturated rings. The predicted octanol–water partition coefficient (Wildman–Crippen LogP) is 6.75. The fourth-order valence-corrected chi connectivity index (χ4v) is 7.01. The van der Waals surface area contributed by atoms with Gasteiger partial charge in [0.1, 0.15) is 0 Å². The Morgan fingerprint density at radius 2 is 1.71 bits per heavy atom. The highest BCUT2D eigenvalue weighted by molar-refractivity contribution is 9.10. The van der Waals surface area contributed by atoms with Crippen molar-refractivity contribution in [2.45, 2.75) is 77.6 Å². The highest BCUT2D eigenvalue weighted by atomic mass is 79.9. The summed E-state index contributed by atoms with van der Waals surface area (Å²) < 4.78 is 11.4. The Hall–Kier alpha value is -1.56. The van der Waals surface area contributed by atoms with Gasteiger partial charge in [-0.3, -0.25) is 0 Å². The number of nitrogens with two attached hydrogens (primary N) is 2. The van der Waals surface area contributed by atoms with E-state index in [2.05, 4.69) is 61.8 Å². The number of hydrogen-bond acceptors (Lipinski definition) is 4. The van der Waals surface area contributed by atoms with Crippen molar-refractivity contribution in [3.8, 4) is 11.5 Å². The average molecular weight is 546 g/mol. The van der Waals surface area contributed by atoms with Crippen molar-refractivity contribution in [3.05, 3.63) is 57.1 Å². The molecule has 0 aromatic heterocycles. The molecule has 5 heteroatoms. The SMILES string of the molecule is CC(C)c1ccc2c(c1)CC[C@H]1[C@](C)(CN)CCC[C@]21C.COc1cc(Br)c(CCN)cc1OC. The van der Waals surface area contributed by atoms with Crippen LogP contribution in [0.1, 0.15) is 81.5 Å². The smallest absolute Gasteiger partial charge is 0.161 e. The standard InChI is InChI=1S/C20H31N.C10H14BrNO2/c1-14(2)15-6-8-17-16(12-15)7-9-18-19(3,13-21)10-5-11-20(17,18)4;1-13-9-5-7(3-4-12)8(11)6-10(9)14-2/h6,8,12,14,18H,5,7,9-11,13,21H2,1-4H3;5-6H,3-4,12H2,1-2H3/t18-,19-,20+;/m0./s1. The van der Waals surface area contributed by atoms with E-state index in [1.54, 1.807) is 25.3 Å². The molecule has 0 unspecified atom stereocenters. The molecule has 4 nitrogen and oxygen atoms in total. The summed E-state index contributed by atoms with van der Waals surface area (Å²) in [5, 5.41) is 0. The molecule has 0 heterocycles. The summed E-state index contributed by atoms with van der Waals surface area (Å²) in [6.07, 6.45) is 7.35. The van der Waals surface area contributed by atoms with Gasteiger partial charge in [-0.05, 0) is 102 Å². The summed E-state index contributed by atoms with van der Waals surface area (Å²) >= 11 is 3.46. The Morgan fingerprint density at radius 1 is 1.03 bits per heavy atom. The van der Waals surface area contributed by atoms with E-state index in [-0.39, 0.29) is 0 Å². The lowest BCUT2D eigenvalue weighted by Gasteiger charge is -2.55. The van der Waals surface area contributed by atoms with Crippen LogP contribution in [0.5, 0.6) is 11.5 Å². The van der Waals surface area contributed by atoms with Crippen LogP contribution in [0.3, 0.4) is 0 Å². The topological polar surface area (TPSA) is 70.5 Å². The summed E-state index contributed by atoms with van der Waals surface area (Å²) in [6.45, 7) is 11.0. The third-order valence-corrected chi connectivity index (χ3v) is 9.34. The van der Waals surface area contributed by atoms with Crippen molar-refractivity contribution in [2.75, 3.05) is 27.3 Å². The van der Waals surface area contributed by atoms with Gasteiger partial charge in [0.15, 0.2) is 11.5 Å². The monoisotopic (exact) mass is 544 g/mol. The van der Waals surface area contributed by atoms with Crippen molar-refractivity contribution in [1.82, 2.24) is 0 Å². The molecule has 0 saturated heterocycles. The number of benzene rings is 2. The van der Waals surface area contributed by atoms with Crippen LogP contribution in [0, 0.1) is 11.3 Å². The van der Waals surface area contributed by atoms with Crippen LogP contribution in [0.2, 0.25) is 0 Å². The number of aryl methyl sites for hydroxylation is 1. The molecule has 2 aliphatic carbocycles. The maximum absolute atomic E-state index is 6.19. The largest absolute Gasteiger partial charge is 0.493 e. The van der Waals surface area contributed by atoms with Crippen molar-refractivity contribution < 1.29 is 9.47 Å². The van der Waals surface area contributed by atoms with Crippen LogP contribution in [-0.2, 0) is 18.3 Å². The Labute approximate surface area is 221 Å². The molecule has 0 amide bonds. The maximum Gasteiger partial charge on any atom is 0.161 e. The van der Waals surface area contributed by atoms with E-state index in [0.717, 1.165) is 40.4 Å². The molecule has 2 aliphatic rings. The normalized spacial score (nSPS) is 25.3. The number of ether oxygens (including phenoxy) is 2. The summed E-state index contributed by atoms with van der Waals surface area (Å²) in [5.74, 6) is 2.84. The van der Waals surface area contributed by atoms with Crippen LogP contribution in [0.25, 0.3) is 0 Å². The molecule has 0 radical (unpaired) electrons. The first kappa shape index (κ1) is 28.0. The van der Waals surface area contributed by atoms with Gasteiger partial charge in [-0.25, -0.2) is 0 Å². The second kappa shape index (κ2) is 11.7. The molecule has 0 bridgehead atoms. The van der Waals surface area contributed by atoms with Crippen LogP contribution in [0.4, 0.5) is 0 Å². The minimum Gasteiger partial charge on any atom is -0.493 e. The zero-order chi connectivity index (χ0) is 25.8. The second-order valence-electron chi connectivity index (χ2n) is 11.1. The Bertz CT molecular complexity index is 1010. The molecule has 194 valence electrons. The van der Waals surface area contributed by atoms with Gasteiger partial charge in [-0.2, -0.15) is 0 Å². The van der Waals surface area contributed by atoms with Gasteiger partial charge in [0.25, 0.3) is 0 Å². The van der Waals surface area contributed by atoms with E-state index < -0.39 is 0 Å². The third kappa shape index (κ3) is 5.73. The van der Waals surface area contributed by atoms with Crippen LogP contribution < -0.4 is 20.9 Å². The molecule has 4 rings (SSSR count). The summed E-state index contributed by atoms with van der Waals surface area (Å²) in [4.78, 5) is 0. The van der Waals surface area contributed by atoms with Gasteiger partial charge in [0, 0.05) is 4.47 Å². The fourth-order valence-electron chi connectivity index (χ4n) is 6.49. The molecule has 35 heavy (non-hydrogen) atoms. The molecule has 2 aromatic rings. The number of fused-ring (bicyclic) bond motifs is 3. The molecule has 1 saturated carbocycles. The Kier molecular flexibility index (Phi) is 9.33. The lowest BCUT2D eigenvalue weighted by atomic mass is 9.50. The van der Waals surface area contributed by atoms with Gasteiger partial charge >= 0.3 is 0 Å². The lowest BCUT2D eigenvalue weighted by molar-refractivity contribution is 0.0326. The minimum atomic E-state index is 0.335. The quantitative estimate of drug-likeness (QED) is 0.422. The number of halogens is 1. The van der Waals surface area contributed by atoms with Crippen molar-refractivity contribution in [2.24, 2.45) is 22.8 Å². The zero-order valence-corrected chi connectivity index (χ0v) is 24.1. The summed E-state index contributed by atoms with van der Waals surface area (Å²) in [7, 11) is 3.24. The number of methoxy groups -OCH3 is 2. The highest BCUT2D eigenvalue weighted by Crippen LogP contribution is 2.56. The summed E-state index contributed by atoms with van der Waals surface area (Å²) in [5.41, 5.74) is 18.2. The van der Waals surface area contributed by atoms with E-state index in [4.69, 9.17) is 20.9 Å². The van der Waals surface area contributed by atoms with Crippen molar-refractivity contribution in [3.63, 3.8) is 0 Å². The van der Waals surface area contributed by atoms with E-state index >= 15 is 0 Å². The molecule has 0 spiro atoms. The summed E-state index contributed by atoms with van der Waals surface area (Å²) in [6, 6.07) is 11.1. The van der Waals surface area contributed by atoms with Crippen LogP contribution in [-0.4, -0.2) is 27.3 Å². The van der Waals surface area contributed by atoms with E-state index in [1.165, 1.54) is 37.7 Å². The lowest BCUT2D eigenvalue weighted by Crippen LogP contribution is -2.51. The Balaban J connectivity index is 0.000000214. The molecule has 0 aliphatic heterocycles. The number of hydrogen-bond donors (Lipinski definition) is 2. The highest BCUT2D eigenvalue weighted by Gasteiger charge is 2.50. The molecule has 4 N–H and O–H groups in total. The van der Waals surface area contributed by atoms with Gasteiger partial charge < -0.3 is 20.9 Å². The molecule has 3 atom stereocenters. The Morgan fingerprint density at radius 3 is 2.31 bits per heavy atom. The van der Waals surface area contributed by atoms with Crippen molar-refractivity contribution in [1.29, 1.82) is 0 Å². The first-order valence-electron chi connectivity index (χ1n) is 13.1. The van der Waals surface area contributed by atoms with Gasteiger partial charge in [0.05, 0.1) is 14.2 Å². The first-order valence-corrected chi connectivity index (χ1v) is 13.9. The van der Waals surface area contributed by atoms with Crippen LogP contribution >= 0.6 is 15.9 Å². The van der Waals surface area contributed by atoms with Crippen molar-refractivity contribution >= 4 is 15.9 Å².